The van der Waals surface area contributed by atoms with E-state index in [1.165, 1.54) is 0 Å². The third kappa shape index (κ3) is 3.03. The van der Waals surface area contributed by atoms with E-state index in [0.29, 0.717) is 24.5 Å². The summed E-state index contributed by atoms with van der Waals surface area (Å²) in [6.45, 7) is 0.347. The van der Waals surface area contributed by atoms with Gasteiger partial charge in [0, 0.05) is 44.4 Å². The number of carbonyl (C=O) groups is 3. The van der Waals surface area contributed by atoms with Gasteiger partial charge >= 0.3 is 0 Å². The minimum absolute atomic E-state index is 0.178. The number of benzene rings is 1. The lowest BCUT2D eigenvalue weighted by Crippen LogP contribution is -2.52. The van der Waals surface area contributed by atoms with E-state index in [1.807, 2.05) is 37.2 Å². The van der Waals surface area contributed by atoms with E-state index < -0.39 is 11.9 Å². The number of nitrogens with zero attached hydrogens (tertiary/aromatic N) is 4. The predicted molar refractivity (Wildman–Crippen MR) is 97.8 cm³/mol. The van der Waals surface area contributed by atoms with Crippen LogP contribution in [0.5, 0.6) is 0 Å². The van der Waals surface area contributed by atoms with Crippen molar-refractivity contribution in [1.29, 1.82) is 0 Å². The van der Waals surface area contributed by atoms with Gasteiger partial charge in [0.05, 0.1) is 5.69 Å². The highest BCUT2D eigenvalue weighted by molar-refractivity contribution is 6.05. The van der Waals surface area contributed by atoms with Crippen LogP contribution in [0, 0.1) is 0 Å². The van der Waals surface area contributed by atoms with Gasteiger partial charge in [-0.25, -0.2) is 9.97 Å². The Balaban J connectivity index is 1.62. The van der Waals surface area contributed by atoms with Gasteiger partial charge in [0.2, 0.25) is 17.8 Å². The molecule has 8 heteroatoms. The first-order valence-electron chi connectivity index (χ1n) is 8.72. The lowest BCUT2D eigenvalue weighted by Gasteiger charge is -2.29. The molecule has 0 saturated carbocycles. The SMILES string of the molecule is CN(C)c1nccc(-c2ccc3c(c2)CN(C2CCC(=O)NC2=O)C3=O)n1. The van der Waals surface area contributed by atoms with Crippen LogP contribution in [0.25, 0.3) is 11.3 Å². The molecule has 138 valence electrons. The van der Waals surface area contributed by atoms with Gasteiger partial charge in [-0.1, -0.05) is 6.07 Å². The Hall–Kier alpha value is -3.29. The highest BCUT2D eigenvalue weighted by Crippen LogP contribution is 2.30. The maximum Gasteiger partial charge on any atom is 0.255 e. The standard InChI is InChI=1S/C19H19N5O3/c1-23(2)19-20-8-7-14(21-19)11-3-4-13-12(9-11)10-24(18(13)27)15-5-6-16(25)22-17(15)26/h3-4,7-9,15H,5-6,10H2,1-2H3,(H,22,25,26). The fraction of sp³-hybridized carbons (Fsp3) is 0.316. The van der Waals surface area contributed by atoms with Crippen LogP contribution in [-0.2, 0) is 16.1 Å². The molecular weight excluding hydrogens is 346 g/mol. The maximum absolute atomic E-state index is 12.7. The molecule has 2 aromatic rings. The Morgan fingerprint density at radius 3 is 2.74 bits per heavy atom. The minimum atomic E-state index is -0.606. The molecule has 3 amide bonds. The number of hydrogen-bond acceptors (Lipinski definition) is 6. The molecule has 2 aliphatic rings. The van der Waals surface area contributed by atoms with Gasteiger partial charge in [-0.05, 0) is 30.2 Å². The van der Waals surface area contributed by atoms with Crippen molar-refractivity contribution in [1.82, 2.24) is 20.2 Å². The van der Waals surface area contributed by atoms with Crippen LogP contribution >= 0.6 is 0 Å². The van der Waals surface area contributed by atoms with Crippen molar-refractivity contribution in [3.63, 3.8) is 0 Å². The van der Waals surface area contributed by atoms with Crippen molar-refractivity contribution < 1.29 is 14.4 Å². The van der Waals surface area contributed by atoms with E-state index in [9.17, 15) is 14.4 Å². The number of hydrogen-bond donors (Lipinski definition) is 1. The van der Waals surface area contributed by atoms with Crippen molar-refractivity contribution in [3.8, 4) is 11.3 Å². The lowest BCUT2D eigenvalue weighted by atomic mass is 10.0. The van der Waals surface area contributed by atoms with E-state index in [1.54, 1.807) is 17.2 Å². The quantitative estimate of drug-likeness (QED) is 0.815. The summed E-state index contributed by atoms with van der Waals surface area (Å²) in [7, 11) is 3.75. The first-order valence-corrected chi connectivity index (χ1v) is 8.72. The van der Waals surface area contributed by atoms with Crippen LogP contribution in [0.4, 0.5) is 5.95 Å². The monoisotopic (exact) mass is 365 g/mol. The van der Waals surface area contributed by atoms with E-state index in [-0.39, 0.29) is 18.2 Å². The van der Waals surface area contributed by atoms with Crippen LogP contribution in [0.15, 0.2) is 30.5 Å². The maximum atomic E-state index is 12.7. The average molecular weight is 365 g/mol. The van der Waals surface area contributed by atoms with Gasteiger partial charge in [-0.2, -0.15) is 0 Å². The summed E-state index contributed by atoms with van der Waals surface area (Å²) in [5.41, 5.74) is 3.10. The number of imide groups is 1. The molecule has 1 unspecified atom stereocenters. The zero-order chi connectivity index (χ0) is 19.1. The summed E-state index contributed by atoms with van der Waals surface area (Å²) < 4.78 is 0. The van der Waals surface area contributed by atoms with Gasteiger partial charge in [-0.3, -0.25) is 19.7 Å². The summed E-state index contributed by atoms with van der Waals surface area (Å²) in [4.78, 5) is 48.3. The van der Waals surface area contributed by atoms with Crippen LogP contribution in [0.3, 0.4) is 0 Å². The van der Waals surface area contributed by atoms with E-state index in [0.717, 1.165) is 16.8 Å². The molecule has 1 saturated heterocycles. The molecule has 8 nitrogen and oxygen atoms in total. The fourth-order valence-corrected chi connectivity index (χ4v) is 3.46. The van der Waals surface area contributed by atoms with Crippen LogP contribution < -0.4 is 10.2 Å². The van der Waals surface area contributed by atoms with Crippen molar-refractivity contribution >= 4 is 23.7 Å². The van der Waals surface area contributed by atoms with Crippen molar-refractivity contribution in [2.24, 2.45) is 0 Å². The number of amides is 3. The highest BCUT2D eigenvalue weighted by atomic mass is 16.2. The minimum Gasteiger partial charge on any atom is -0.347 e. The normalized spacial score (nSPS) is 19.1. The third-order valence-electron chi connectivity index (χ3n) is 4.86. The Labute approximate surface area is 156 Å². The first-order chi connectivity index (χ1) is 12.9. The smallest absolute Gasteiger partial charge is 0.255 e. The Bertz CT molecular complexity index is 956. The summed E-state index contributed by atoms with van der Waals surface area (Å²) in [5.74, 6) is -0.265. The van der Waals surface area contributed by atoms with Gasteiger partial charge in [0.25, 0.3) is 5.91 Å². The van der Waals surface area contributed by atoms with E-state index >= 15 is 0 Å². The van der Waals surface area contributed by atoms with Crippen molar-refractivity contribution in [2.75, 3.05) is 19.0 Å². The molecule has 0 spiro atoms. The van der Waals surface area contributed by atoms with Gasteiger partial charge in [-0.15, -0.1) is 0 Å². The van der Waals surface area contributed by atoms with Gasteiger partial charge in [0.15, 0.2) is 0 Å². The molecule has 0 radical (unpaired) electrons. The largest absolute Gasteiger partial charge is 0.347 e. The molecule has 1 fully saturated rings. The third-order valence-corrected chi connectivity index (χ3v) is 4.86. The summed E-state index contributed by atoms with van der Waals surface area (Å²) in [6.07, 6.45) is 2.30. The fourth-order valence-electron chi connectivity index (χ4n) is 3.46. The van der Waals surface area contributed by atoms with Crippen LogP contribution in [0.1, 0.15) is 28.8 Å². The Morgan fingerprint density at radius 1 is 1.19 bits per heavy atom. The second-order valence-electron chi connectivity index (χ2n) is 6.91. The van der Waals surface area contributed by atoms with Gasteiger partial charge in [0.1, 0.15) is 6.04 Å². The summed E-state index contributed by atoms with van der Waals surface area (Å²) in [5, 5.41) is 2.31. The predicted octanol–water partition coefficient (Wildman–Crippen LogP) is 0.971. The molecule has 0 aliphatic carbocycles. The number of nitrogens with one attached hydrogen (secondary N) is 1. The lowest BCUT2D eigenvalue weighted by molar-refractivity contribution is -0.136. The molecule has 3 heterocycles. The number of rotatable bonds is 3. The average Bonchev–Trinajstić information content (AvgIpc) is 2.98. The second-order valence-corrected chi connectivity index (χ2v) is 6.91. The number of anilines is 1. The van der Waals surface area contributed by atoms with Crippen LogP contribution in [-0.4, -0.2) is 52.7 Å². The number of fused-ring (bicyclic) bond motifs is 1. The number of aromatic nitrogens is 2. The Kier molecular flexibility index (Phi) is 4.10. The molecule has 0 bridgehead atoms. The van der Waals surface area contributed by atoms with Crippen molar-refractivity contribution in [2.45, 2.75) is 25.4 Å². The first kappa shape index (κ1) is 17.1. The van der Waals surface area contributed by atoms with Crippen molar-refractivity contribution in [3.05, 3.63) is 41.6 Å². The van der Waals surface area contributed by atoms with Crippen LogP contribution in [0.2, 0.25) is 0 Å². The summed E-state index contributed by atoms with van der Waals surface area (Å²) >= 11 is 0. The van der Waals surface area contributed by atoms with E-state index in [2.05, 4.69) is 15.3 Å². The van der Waals surface area contributed by atoms with Gasteiger partial charge < -0.3 is 9.80 Å². The molecule has 1 atom stereocenters. The molecule has 1 N–H and O–H groups in total. The molecule has 1 aromatic carbocycles. The Morgan fingerprint density at radius 2 is 2.00 bits per heavy atom. The number of carbonyl (C=O) groups excluding carboxylic acids is 3. The second kappa shape index (κ2) is 6.46. The number of piperidine rings is 1. The molecule has 1 aromatic heterocycles. The zero-order valence-electron chi connectivity index (χ0n) is 15.1. The highest BCUT2D eigenvalue weighted by Gasteiger charge is 2.39. The zero-order valence-corrected chi connectivity index (χ0v) is 15.1. The molecular formula is C19H19N5O3. The molecule has 4 rings (SSSR count). The molecule has 27 heavy (non-hydrogen) atoms. The molecule has 2 aliphatic heterocycles. The summed E-state index contributed by atoms with van der Waals surface area (Å²) in [6, 6.07) is 6.78. The topological polar surface area (TPSA) is 95.5 Å². The van der Waals surface area contributed by atoms with E-state index in [4.69, 9.17) is 0 Å².